The lowest BCUT2D eigenvalue weighted by molar-refractivity contribution is 0.234. The molecule has 17 heavy (non-hydrogen) atoms. The van der Waals surface area contributed by atoms with Crippen molar-refractivity contribution in [2.45, 2.75) is 18.8 Å². The van der Waals surface area contributed by atoms with Crippen molar-refractivity contribution in [1.82, 2.24) is 4.90 Å². The second kappa shape index (κ2) is 5.47. The molecule has 0 bridgehead atoms. The number of likely N-dealkylation sites (N-methyl/N-ethyl adjacent to an activating group) is 1. The average molecular weight is 273 g/mol. The van der Waals surface area contributed by atoms with Gasteiger partial charge in [-0.2, -0.15) is 0 Å². The van der Waals surface area contributed by atoms with Gasteiger partial charge in [0, 0.05) is 41.9 Å². The minimum absolute atomic E-state index is 0.468. The molecule has 1 atom stereocenters. The molecule has 2 nitrogen and oxygen atoms in total. The number of halogens is 2. The zero-order valence-corrected chi connectivity index (χ0v) is 11.8. The first-order chi connectivity index (χ1) is 8.13. The molecule has 1 heterocycles. The van der Waals surface area contributed by atoms with Crippen LogP contribution in [-0.2, 0) is 5.88 Å². The molecule has 94 valence electrons. The number of nitrogens with zero attached hydrogens (tertiary/aromatic N) is 2. The van der Waals surface area contributed by atoms with Crippen LogP contribution in [0.5, 0.6) is 0 Å². The number of rotatable bonds is 2. The number of hydrogen-bond donors (Lipinski definition) is 0. The van der Waals surface area contributed by atoms with E-state index in [0.29, 0.717) is 11.9 Å². The first kappa shape index (κ1) is 13.0. The van der Waals surface area contributed by atoms with E-state index in [1.807, 2.05) is 12.1 Å². The minimum Gasteiger partial charge on any atom is -0.368 e. The Morgan fingerprint density at radius 3 is 2.76 bits per heavy atom. The highest BCUT2D eigenvalue weighted by Gasteiger charge is 2.22. The number of piperazine rings is 1. The zero-order chi connectivity index (χ0) is 12.4. The molecule has 0 aromatic heterocycles. The third-order valence-electron chi connectivity index (χ3n) is 3.53. The maximum Gasteiger partial charge on any atom is 0.0509 e. The first-order valence-electron chi connectivity index (χ1n) is 5.92. The molecular formula is C13H18Cl2N2. The molecule has 1 aliphatic rings. The van der Waals surface area contributed by atoms with Crippen LogP contribution in [0.15, 0.2) is 18.2 Å². The van der Waals surface area contributed by atoms with E-state index in [2.05, 4.69) is 29.8 Å². The van der Waals surface area contributed by atoms with Crippen LogP contribution in [0.25, 0.3) is 0 Å². The van der Waals surface area contributed by atoms with E-state index >= 15 is 0 Å². The normalized spacial score (nSPS) is 21.9. The summed E-state index contributed by atoms with van der Waals surface area (Å²) in [6, 6.07) is 6.58. The van der Waals surface area contributed by atoms with Gasteiger partial charge in [0.1, 0.15) is 0 Å². The van der Waals surface area contributed by atoms with Gasteiger partial charge in [0.25, 0.3) is 0 Å². The SMILES string of the molecule is CC1CN(c2cccc(Cl)c2CCl)CCN1C. The van der Waals surface area contributed by atoms with Crippen molar-refractivity contribution < 1.29 is 0 Å². The van der Waals surface area contributed by atoms with Crippen LogP contribution in [0.2, 0.25) is 5.02 Å². The number of anilines is 1. The molecule has 4 heteroatoms. The van der Waals surface area contributed by atoms with E-state index in [-0.39, 0.29) is 0 Å². The van der Waals surface area contributed by atoms with Gasteiger partial charge < -0.3 is 9.80 Å². The highest BCUT2D eigenvalue weighted by Crippen LogP contribution is 2.30. The Balaban J connectivity index is 2.25. The third-order valence-corrected chi connectivity index (χ3v) is 4.15. The largest absolute Gasteiger partial charge is 0.368 e. The predicted octanol–water partition coefficient (Wildman–Crippen LogP) is 3.22. The lowest BCUT2D eigenvalue weighted by Gasteiger charge is -2.39. The van der Waals surface area contributed by atoms with E-state index in [9.17, 15) is 0 Å². The van der Waals surface area contributed by atoms with Gasteiger partial charge >= 0.3 is 0 Å². The molecule has 1 aromatic rings. The van der Waals surface area contributed by atoms with Crippen molar-refractivity contribution >= 4 is 28.9 Å². The van der Waals surface area contributed by atoms with Gasteiger partial charge in [-0.1, -0.05) is 17.7 Å². The molecule has 2 rings (SSSR count). The van der Waals surface area contributed by atoms with Crippen molar-refractivity contribution in [2.75, 3.05) is 31.6 Å². The molecular weight excluding hydrogens is 255 g/mol. The van der Waals surface area contributed by atoms with Crippen LogP contribution >= 0.6 is 23.2 Å². The van der Waals surface area contributed by atoms with Crippen molar-refractivity contribution in [3.63, 3.8) is 0 Å². The second-order valence-corrected chi connectivity index (χ2v) is 5.32. The van der Waals surface area contributed by atoms with Gasteiger partial charge in [-0.05, 0) is 26.1 Å². The van der Waals surface area contributed by atoms with Crippen molar-refractivity contribution in [3.8, 4) is 0 Å². The lowest BCUT2D eigenvalue weighted by atomic mass is 10.1. The lowest BCUT2D eigenvalue weighted by Crippen LogP contribution is -2.50. The van der Waals surface area contributed by atoms with Crippen LogP contribution < -0.4 is 4.90 Å². The zero-order valence-electron chi connectivity index (χ0n) is 10.3. The highest BCUT2D eigenvalue weighted by atomic mass is 35.5. The Hall–Kier alpha value is -0.440. The fraction of sp³-hybridized carbons (Fsp3) is 0.538. The Kier molecular flexibility index (Phi) is 4.18. The Labute approximate surface area is 113 Å². The van der Waals surface area contributed by atoms with Gasteiger partial charge in [0.05, 0.1) is 5.88 Å². The van der Waals surface area contributed by atoms with Gasteiger partial charge in [-0.25, -0.2) is 0 Å². The van der Waals surface area contributed by atoms with Gasteiger partial charge in [-0.3, -0.25) is 0 Å². The summed E-state index contributed by atoms with van der Waals surface area (Å²) < 4.78 is 0. The Morgan fingerprint density at radius 2 is 2.12 bits per heavy atom. The number of alkyl halides is 1. The molecule has 0 radical (unpaired) electrons. The summed E-state index contributed by atoms with van der Waals surface area (Å²) in [7, 11) is 2.17. The van der Waals surface area contributed by atoms with Crippen LogP contribution in [0, 0.1) is 0 Å². The van der Waals surface area contributed by atoms with E-state index in [1.54, 1.807) is 0 Å². The van der Waals surface area contributed by atoms with Crippen LogP contribution in [0.1, 0.15) is 12.5 Å². The van der Waals surface area contributed by atoms with Crippen LogP contribution in [0.4, 0.5) is 5.69 Å². The van der Waals surface area contributed by atoms with Gasteiger partial charge in [-0.15, -0.1) is 11.6 Å². The fourth-order valence-corrected chi connectivity index (χ4v) is 2.83. The summed E-state index contributed by atoms with van der Waals surface area (Å²) in [5, 5.41) is 0.768. The third kappa shape index (κ3) is 2.70. The summed E-state index contributed by atoms with van der Waals surface area (Å²) in [4.78, 5) is 4.76. The Bertz CT molecular complexity index is 395. The van der Waals surface area contributed by atoms with Gasteiger partial charge in [0.15, 0.2) is 0 Å². The molecule has 1 fully saturated rings. The number of benzene rings is 1. The van der Waals surface area contributed by atoms with E-state index in [4.69, 9.17) is 23.2 Å². The number of hydrogen-bond acceptors (Lipinski definition) is 2. The van der Waals surface area contributed by atoms with Crippen molar-refractivity contribution in [3.05, 3.63) is 28.8 Å². The summed E-state index contributed by atoms with van der Waals surface area (Å²) in [5.74, 6) is 0.468. The van der Waals surface area contributed by atoms with Crippen LogP contribution in [-0.4, -0.2) is 37.6 Å². The first-order valence-corrected chi connectivity index (χ1v) is 6.83. The van der Waals surface area contributed by atoms with Crippen molar-refractivity contribution in [1.29, 1.82) is 0 Å². The monoisotopic (exact) mass is 272 g/mol. The smallest absolute Gasteiger partial charge is 0.0509 e. The minimum atomic E-state index is 0.468. The molecule has 0 aliphatic carbocycles. The average Bonchev–Trinajstić information content (AvgIpc) is 2.32. The van der Waals surface area contributed by atoms with E-state index < -0.39 is 0 Å². The summed E-state index contributed by atoms with van der Waals surface area (Å²) in [6.45, 7) is 5.39. The van der Waals surface area contributed by atoms with Crippen molar-refractivity contribution in [2.24, 2.45) is 0 Å². The maximum absolute atomic E-state index is 6.19. The van der Waals surface area contributed by atoms with E-state index in [1.165, 1.54) is 5.69 Å². The second-order valence-electron chi connectivity index (χ2n) is 4.65. The predicted molar refractivity (Wildman–Crippen MR) is 75.3 cm³/mol. The molecule has 1 aromatic carbocycles. The summed E-state index contributed by atoms with van der Waals surface area (Å²) >= 11 is 12.2. The molecule has 0 N–H and O–H groups in total. The Morgan fingerprint density at radius 1 is 1.35 bits per heavy atom. The molecule has 1 unspecified atom stereocenters. The van der Waals surface area contributed by atoms with Crippen LogP contribution in [0.3, 0.4) is 0 Å². The molecule has 0 spiro atoms. The molecule has 1 aliphatic heterocycles. The van der Waals surface area contributed by atoms with Gasteiger partial charge in [0.2, 0.25) is 0 Å². The topological polar surface area (TPSA) is 6.48 Å². The molecule has 0 amide bonds. The van der Waals surface area contributed by atoms with E-state index in [0.717, 1.165) is 30.2 Å². The summed E-state index contributed by atoms with van der Waals surface area (Å²) in [6.07, 6.45) is 0. The highest BCUT2D eigenvalue weighted by molar-refractivity contribution is 6.32. The summed E-state index contributed by atoms with van der Waals surface area (Å²) in [5.41, 5.74) is 2.24. The fourth-order valence-electron chi connectivity index (χ4n) is 2.24. The quantitative estimate of drug-likeness (QED) is 0.763. The molecule has 0 saturated carbocycles. The maximum atomic E-state index is 6.19. The molecule has 1 saturated heterocycles. The standard InChI is InChI=1S/C13H18Cl2N2/c1-10-9-17(7-6-16(10)2)13-5-3-4-12(15)11(13)8-14/h3-5,10H,6-9H2,1-2H3.